The fourth-order valence-corrected chi connectivity index (χ4v) is 2.22. The lowest BCUT2D eigenvalue weighted by molar-refractivity contribution is -0.119. The Morgan fingerprint density at radius 2 is 1.81 bits per heavy atom. The molecule has 0 amide bonds. The smallest absolute Gasteiger partial charge is 0.427 e. The monoisotopic (exact) mass is 220 g/mol. The van der Waals surface area contributed by atoms with Crippen LogP contribution in [0.1, 0.15) is 12.6 Å². The first-order valence-electron chi connectivity index (χ1n) is 5.61. The van der Waals surface area contributed by atoms with Crippen molar-refractivity contribution in [2.24, 2.45) is 5.41 Å². The minimum atomic E-state index is -1.78. The Kier molecular flexibility index (Phi) is 2.11. The van der Waals surface area contributed by atoms with Crippen LogP contribution < -0.4 is 5.59 Å². The van der Waals surface area contributed by atoms with Gasteiger partial charge in [0.1, 0.15) is 0 Å². The second-order valence-electron chi connectivity index (χ2n) is 5.09. The maximum absolute atomic E-state index is 5.76. The predicted molar refractivity (Wildman–Crippen MR) is 60.3 cm³/mol. The number of pyridine rings is 1. The van der Waals surface area contributed by atoms with Crippen molar-refractivity contribution in [2.75, 3.05) is 19.8 Å². The molecule has 3 saturated heterocycles. The molecule has 0 atom stereocenters. The van der Waals surface area contributed by atoms with E-state index in [4.69, 9.17) is 14.0 Å². The summed E-state index contributed by atoms with van der Waals surface area (Å²) in [5.74, 6) is 0. The van der Waals surface area contributed by atoms with E-state index in [0.29, 0.717) is 19.8 Å². The molecule has 3 aliphatic heterocycles. The van der Waals surface area contributed by atoms with Crippen molar-refractivity contribution >= 4 is 12.3 Å². The molecule has 4 rings (SSSR count). The first-order valence-corrected chi connectivity index (χ1v) is 5.61. The maximum atomic E-state index is 5.76. The zero-order valence-electron chi connectivity index (χ0n) is 9.60. The van der Waals surface area contributed by atoms with E-state index in [9.17, 15) is 0 Å². The molecule has 0 N–H and O–H groups in total. The van der Waals surface area contributed by atoms with Gasteiger partial charge in [0.25, 0.3) is 0 Å². The molecule has 1 aromatic rings. The van der Waals surface area contributed by atoms with Crippen LogP contribution in [-0.2, 0) is 14.0 Å². The van der Waals surface area contributed by atoms with Crippen LogP contribution in [0.25, 0.3) is 0 Å². The fraction of sp³-hybridized carbons (Fsp3) is 0.545. The number of fused-ring (bicyclic) bond motifs is 3. The van der Waals surface area contributed by atoms with Gasteiger partial charge in [-0.05, 0) is 18.6 Å². The lowest BCUT2D eigenvalue weighted by Crippen LogP contribution is -2.69. The molecule has 0 aliphatic carbocycles. The number of nitrogens with zero attached hydrogens (tertiary/aromatic N) is 1. The summed E-state index contributed by atoms with van der Waals surface area (Å²) < 4.78 is 17.3. The van der Waals surface area contributed by atoms with Crippen LogP contribution in [0, 0.1) is 12.3 Å². The van der Waals surface area contributed by atoms with Gasteiger partial charge in [0.15, 0.2) is 0 Å². The maximum Gasteiger partial charge on any atom is 0.427 e. The van der Waals surface area contributed by atoms with E-state index in [2.05, 4.69) is 11.9 Å². The Labute approximate surface area is 94.9 Å². The summed E-state index contributed by atoms with van der Waals surface area (Å²) in [6, 6.07) is 5.81. The molecule has 5 heteroatoms. The zero-order chi connectivity index (χ0) is 11.2. The fourth-order valence-electron chi connectivity index (χ4n) is 2.22. The SMILES string of the molecule is Cc1cccc([B-]23OCC(C)(CO2)CO3)n1. The summed E-state index contributed by atoms with van der Waals surface area (Å²) >= 11 is 0. The molecular formula is C11H15BNO3-. The van der Waals surface area contributed by atoms with Gasteiger partial charge in [-0.15, -0.1) is 0 Å². The Bertz CT molecular complexity index is 399. The first-order chi connectivity index (χ1) is 7.62. The standard InChI is InChI=1S/C11H15BNO3/c1-9-4-3-5-10(13-9)12-14-6-11(2,7-15-12)8-16-12/h3-5H,6-8H2,1-2H3/q-1. The molecule has 0 spiro atoms. The van der Waals surface area contributed by atoms with Gasteiger partial charge in [-0.25, -0.2) is 0 Å². The molecule has 0 saturated carbocycles. The third kappa shape index (κ3) is 1.47. The highest BCUT2D eigenvalue weighted by Gasteiger charge is 2.47. The van der Waals surface area contributed by atoms with Gasteiger partial charge in [0.2, 0.25) is 0 Å². The highest BCUT2D eigenvalue weighted by atomic mass is 16.8. The summed E-state index contributed by atoms with van der Waals surface area (Å²) in [5.41, 5.74) is 1.72. The molecule has 2 bridgehead atoms. The molecule has 0 aromatic carbocycles. The van der Waals surface area contributed by atoms with E-state index >= 15 is 0 Å². The van der Waals surface area contributed by atoms with Crippen molar-refractivity contribution < 1.29 is 14.0 Å². The summed E-state index contributed by atoms with van der Waals surface area (Å²) in [7, 11) is 0. The number of aromatic nitrogens is 1. The van der Waals surface area contributed by atoms with Gasteiger partial charge in [-0.1, -0.05) is 19.1 Å². The molecular weight excluding hydrogens is 205 g/mol. The quantitative estimate of drug-likeness (QED) is 0.650. The van der Waals surface area contributed by atoms with E-state index in [0.717, 1.165) is 11.3 Å². The van der Waals surface area contributed by atoms with Crippen LogP contribution in [0.5, 0.6) is 0 Å². The number of aryl methyl sites for hydroxylation is 1. The van der Waals surface area contributed by atoms with E-state index in [1.807, 2.05) is 25.1 Å². The summed E-state index contributed by atoms with van der Waals surface area (Å²) in [6.07, 6.45) is 0. The van der Waals surface area contributed by atoms with Crippen molar-refractivity contribution in [2.45, 2.75) is 13.8 Å². The van der Waals surface area contributed by atoms with Gasteiger partial charge in [-0.2, -0.15) is 0 Å². The van der Waals surface area contributed by atoms with Crippen molar-refractivity contribution in [3.63, 3.8) is 0 Å². The molecule has 0 radical (unpaired) electrons. The topological polar surface area (TPSA) is 40.6 Å². The molecule has 4 heterocycles. The Morgan fingerprint density at radius 1 is 1.19 bits per heavy atom. The molecule has 0 unspecified atom stereocenters. The largest absolute Gasteiger partial charge is 0.539 e. The van der Waals surface area contributed by atoms with Gasteiger partial charge in [0.05, 0.1) is 0 Å². The van der Waals surface area contributed by atoms with Crippen LogP contribution in [0.15, 0.2) is 18.2 Å². The van der Waals surface area contributed by atoms with Crippen molar-refractivity contribution in [3.8, 4) is 0 Å². The van der Waals surface area contributed by atoms with E-state index in [-0.39, 0.29) is 5.41 Å². The van der Waals surface area contributed by atoms with Crippen LogP contribution in [0.2, 0.25) is 0 Å². The second-order valence-corrected chi connectivity index (χ2v) is 5.09. The van der Waals surface area contributed by atoms with Crippen LogP contribution in [0.3, 0.4) is 0 Å². The van der Waals surface area contributed by atoms with Crippen molar-refractivity contribution in [1.82, 2.24) is 4.98 Å². The predicted octanol–water partition coefficient (Wildman–Crippen LogP) is 0.619. The molecule has 3 aliphatic rings. The van der Waals surface area contributed by atoms with Gasteiger partial charge >= 0.3 is 6.75 Å². The van der Waals surface area contributed by atoms with Crippen molar-refractivity contribution in [3.05, 3.63) is 23.9 Å². The minimum Gasteiger partial charge on any atom is -0.539 e. The van der Waals surface area contributed by atoms with Crippen LogP contribution in [0.4, 0.5) is 0 Å². The van der Waals surface area contributed by atoms with E-state index in [1.54, 1.807) is 0 Å². The minimum absolute atomic E-state index is 0.00727. The summed E-state index contributed by atoms with van der Waals surface area (Å²) in [4.78, 5) is 4.44. The second kappa shape index (κ2) is 3.29. The first kappa shape index (κ1) is 10.3. The lowest BCUT2D eigenvalue weighted by atomic mass is 9.67. The molecule has 4 nitrogen and oxygen atoms in total. The number of rotatable bonds is 1. The Balaban J connectivity index is 1.95. The normalized spacial score (nSPS) is 37.6. The summed E-state index contributed by atoms with van der Waals surface area (Å²) in [5, 5.41) is 0. The summed E-state index contributed by atoms with van der Waals surface area (Å²) in [6.45, 7) is 4.33. The number of hydrogen-bond acceptors (Lipinski definition) is 4. The van der Waals surface area contributed by atoms with Gasteiger partial charge in [0, 0.05) is 30.9 Å². The molecule has 16 heavy (non-hydrogen) atoms. The van der Waals surface area contributed by atoms with Crippen LogP contribution >= 0.6 is 0 Å². The highest BCUT2D eigenvalue weighted by Crippen LogP contribution is 2.34. The average molecular weight is 220 g/mol. The molecule has 3 fully saturated rings. The lowest BCUT2D eigenvalue weighted by Gasteiger charge is -2.57. The van der Waals surface area contributed by atoms with Gasteiger partial charge in [-0.3, -0.25) is 4.98 Å². The number of hydrogen-bond donors (Lipinski definition) is 0. The van der Waals surface area contributed by atoms with Crippen molar-refractivity contribution in [1.29, 1.82) is 0 Å². The average Bonchev–Trinajstić information content (AvgIpc) is 2.30. The third-order valence-electron chi connectivity index (χ3n) is 3.23. The third-order valence-corrected chi connectivity index (χ3v) is 3.23. The Hall–Kier alpha value is -0.905. The zero-order valence-corrected chi connectivity index (χ0v) is 9.60. The van der Waals surface area contributed by atoms with Gasteiger partial charge < -0.3 is 14.0 Å². The highest BCUT2D eigenvalue weighted by molar-refractivity contribution is 6.74. The molecule has 86 valence electrons. The van der Waals surface area contributed by atoms with E-state index < -0.39 is 6.75 Å². The van der Waals surface area contributed by atoms with E-state index in [1.165, 1.54) is 0 Å². The van der Waals surface area contributed by atoms with Crippen LogP contribution in [-0.4, -0.2) is 31.6 Å². The Morgan fingerprint density at radius 3 is 2.38 bits per heavy atom. The molecule has 1 aromatic heterocycles.